The van der Waals surface area contributed by atoms with Crippen molar-refractivity contribution in [2.45, 2.75) is 18.4 Å². The Bertz CT molecular complexity index is 1070. The highest BCUT2D eigenvalue weighted by molar-refractivity contribution is 7.92. The van der Waals surface area contributed by atoms with Gasteiger partial charge in [-0.2, -0.15) is 0 Å². The Morgan fingerprint density at radius 1 is 0.929 bits per heavy atom. The van der Waals surface area contributed by atoms with Crippen LogP contribution in [0.4, 0.5) is 5.69 Å². The summed E-state index contributed by atoms with van der Waals surface area (Å²) in [5.41, 5.74) is 2.69. The molecular formula is C22H22N2O3S. The van der Waals surface area contributed by atoms with Gasteiger partial charge in [-0.3, -0.25) is 9.52 Å². The van der Waals surface area contributed by atoms with Gasteiger partial charge in [0, 0.05) is 19.2 Å². The summed E-state index contributed by atoms with van der Waals surface area (Å²) in [6, 6.07) is 22.9. The summed E-state index contributed by atoms with van der Waals surface area (Å²) >= 11 is 0. The summed E-state index contributed by atoms with van der Waals surface area (Å²) in [7, 11) is -1.92. The zero-order chi connectivity index (χ0) is 20.1. The molecule has 0 bridgehead atoms. The number of hydrogen-bond acceptors (Lipinski definition) is 3. The van der Waals surface area contributed by atoms with Gasteiger partial charge in [-0.25, -0.2) is 8.42 Å². The molecule has 0 radical (unpaired) electrons. The molecule has 1 amide bonds. The third-order valence-electron chi connectivity index (χ3n) is 4.38. The van der Waals surface area contributed by atoms with E-state index >= 15 is 0 Å². The molecular weight excluding hydrogens is 372 g/mol. The van der Waals surface area contributed by atoms with Gasteiger partial charge in [0.05, 0.1) is 10.6 Å². The number of aryl methyl sites for hydroxylation is 1. The molecule has 0 spiro atoms. The van der Waals surface area contributed by atoms with E-state index in [1.165, 1.54) is 12.1 Å². The Hall–Kier alpha value is -3.12. The van der Waals surface area contributed by atoms with Crippen LogP contribution < -0.4 is 4.72 Å². The Balaban J connectivity index is 1.76. The van der Waals surface area contributed by atoms with E-state index in [1.54, 1.807) is 55.3 Å². The molecule has 0 aliphatic heterocycles. The number of sulfonamides is 1. The number of rotatable bonds is 6. The first-order chi connectivity index (χ1) is 13.4. The molecule has 0 fully saturated rings. The largest absolute Gasteiger partial charge is 0.337 e. The first-order valence-corrected chi connectivity index (χ1v) is 10.3. The van der Waals surface area contributed by atoms with Crippen LogP contribution in [0.25, 0.3) is 0 Å². The Kier molecular flexibility index (Phi) is 5.80. The van der Waals surface area contributed by atoms with E-state index in [0.717, 1.165) is 5.56 Å². The highest BCUT2D eigenvalue weighted by Gasteiger charge is 2.17. The second-order valence-corrected chi connectivity index (χ2v) is 8.28. The molecule has 144 valence electrons. The number of hydrogen-bond donors (Lipinski definition) is 1. The fraction of sp³-hybridized carbons (Fsp3) is 0.136. The van der Waals surface area contributed by atoms with Crippen molar-refractivity contribution >= 4 is 21.6 Å². The minimum Gasteiger partial charge on any atom is -0.337 e. The summed E-state index contributed by atoms with van der Waals surface area (Å²) in [5.74, 6) is -0.121. The average Bonchev–Trinajstić information content (AvgIpc) is 2.70. The van der Waals surface area contributed by atoms with E-state index in [4.69, 9.17) is 0 Å². The minimum absolute atomic E-state index is 0.121. The van der Waals surface area contributed by atoms with Crippen molar-refractivity contribution in [2.75, 3.05) is 11.8 Å². The van der Waals surface area contributed by atoms with E-state index in [-0.39, 0.29) is 10.8 Å². The van der Waals surface area contributed by atoms with E-state index in [2.05, 4.69) is 4.72 Å². The molecule has 28 heavy (non-hydrogen) atoms. The summed E-state index contributed by atoms with van der Waals surface area (Å²) < 4.78 is 27.6. The van der Waals surface area contributed by atoms with E-state index in [1.807, 2.05) is 30.3 Å². The fourth-order valence-corrected chi connectivity index (χ4v) is 4.02. The molecule has 0 aromatic heterocycles. The van der Waals surface area contributed by atoms with Crippen molar-refractivity contribution in [1.82, 2.24) is 4.90 Å². The van der Waals surface area contributed by atoms with Gasteiger partial charge in [0.15, 0.2) is 0 Å². The van der Waals surface area contributed by atoms with Crippen LogP contribution in [-0.2, 0) is 16.6 Å². The van der Waals surface area contributed by atoms with Gasteiger partial charge in [0.2, 0.25) is 0 Å². The van der Waals surface area contributed by atoms with Crippen molar-refractivity contribution in [2.24, 2.45) is 0 Å². The maximum Gasteiger partial charge on any atom is 0.261 e. The maximum atomic E-state index is 12.7. The molecule has 0 unspecified atom stereocenters. The second kappa shape index (κ2) is 8.27. The Labute approximate surface area is 165 Å². The zero-order valence-corrected chi connectivity index (χ0v) is 16.6. The minimum atomic E-state index is -3.67. The van der Waals surface area contributed by atoms with Crippen molar-refractivity contribution in [1.29, 1.82) is 0 Å². The van der Waals surface area contributed by atoms with Gasteiger partial charge in [-0.05, 0) is 48.4 Å². The number of benzene rings is 3. The van der Waals surface area contributed by atoms with Crippen LogP contribution in [0.2, 0.25) is 0 Å². The van der Waals surface area contributed by atoms with E-state index in [9.17, 15) is 13.2 Å². The summed E-state index contributed by atoms with van der Waals surface area (Å²) in [5, 5.41) is 0. The van der Waals surface area contributed by atoms with Crippen molar-refractivity contribution in [3.05, 3.63) is 95.6 Å². The van der Waals surface area contributed by atoms with Gasteiger partial charge in [0.1, 0.15) is 0 Å². The third kappa shape index (κ3) is 4.58. The molecule has 1 N–H and O–H groups in total. The number of amides is 1. The maximum absolute atomic E-state index is 12.7. The van der Waals surface area contributed by atoms with Crippen molar-refractivity contribution in [3.63, 3.8) is 0 Å². The third-order valence-corrected chi connectivity index (χ3v) is 5.76. The van der Waals surface area contributed by atoms with Gasteiger partial charge in [-0.15, -0.1) is 0 Å². The first kappa shape index (κ1) is 19.6. The molecule has 3 rings (SSSR count). The van der Waals surface area contributed by atoms with Crippen molar-refractivity contribution < 1.29 is 13.2 Å². The first-order valence-electron chi connectivity index (χ1n) is 8.85. The molecule has 0 aliphatic carbocycles. The van der Waals surface area contributed by atoms with Crippen LogP contribution in [-0.4, -0.2) is 26.3 Å². The number of carbonyl (C=O) groups is 1. The van der Waals surface area contributed by atoms with E-state index in [0.29, 0.717) is 23.4 Å². The smallest absolute Gasteiger partial charge is 0.261 e. The zero-order valence-electron chi connectivity index (χ0n) is 15.8. The molecule has 3 aromatic rings. The molecule has 0 heterocycles. The predicted molar refractivity (Wildman–Crippen MR) is 111 cm³/mol. The predicted octanol–water partition coefficient (Wildman–Crippen LogP) is 4.07. The standard InChI is InChI=1S/C22H22N2O3S/c1-17-15-19(22(25)24(2)16-18-9-5-3-6-10-18)13-14-21(17)23-28(26,27)20-11-7-4-8-12-20/h3-15,23H,16H2,1-2H3. The van der Waals surface area contributed by atoms with Gasteiger partial charge in [0.25, 0.3) is 15.9 Å². The Morgan fingerprint density at radius 2 is 1.54 bits per heavy atom. The van der Waals surface area contributed by atoms with Crippen LogP contribution in [0.3, 0.4) is 0 Å². The lowest BCUT2D eigenvalue weighted by atomic mass is 10.1. The summed E-state index contributed by atoms with van der Waals surface area (Å²) in [6.45, 7) is 2.28. The lowest BCUT2D eigenvalue weighted by Gasteiger charge is -2.18. The SMILES string of the molecule is Cc1cc(C(=O)N(C)Cc2ccccc2)ccc1NS(=O)(=O)c1ccccc1. The summed E-state index contributed by atoms with van der Waals surface area (Å²) in [4.78, 5) is 14.5. The lowest BCUT2D eigenvalue weighted by molar-refractivity contribution is 0.0785. The highest BCUT2D eigenvalue weighted by Crippen LogP contribution is 2.22. The van der Waals surface area contributed by atoms with Crippen LogP contribution in [0.5, 0.6) is 0 Å². The number of anilines is 1. The number of nitrogens with one attached hydrogen (secondary N) is 1. The normalized spacial score (nSPS) is 11.1. The summed E-state index contributed by atoms with van der Waals surface area (Å²) in [6.07, 6.45) is 0. The quantitative estimate of drug-likeness (QED) is 0.685. The molecule has 5 nitrogen and oxygen atoms in total. The fourth-order valence-electron chi connectivity index (χ4n) is 2.86. The lowest BCUT2D eigenvalue weighted by Crippen LogP contribution is -2.26. The van der Waals surface area contributed by atoms with Crippen LogP contribution >= 0.6 is 0 Å². The van der Waals surface area contributed by atoms with Gasteiger partial charge in [-0.1, -0.05) is 48.5 Å². The van der Waals surface area contributed by atoms with Crippen LogP contribution in [0.15, 0.2) is 83.8 Å². The molecule has 6 heteroatoms. The van der Waals surface area contributed by atoms with Crippen LogP contribution in [0.1, 0.15) is 21.5 Å². The van der Waals surface area contributed by atoms with Crippen molar-refractivity contribution in [3.8, 4) is 0 Å². The van der Waals surface area contributed by atoms with E-state index < -0.39 is 10.0 Å². The molecule has 3 aromatic carbocycles. The molecule has 0 atom stereocenters. The molecule has 0 aliphatic rings. The molecule has 0 saturated carbocycles. The average molecular weight is 394 g/mol. The van der Waals surface area contributed by atoms with Crippen LogP contribution in [0, 0.1) is 6.92 Å². The molecule has 0 saturated heterocycles. The highest BCUT2D eigenvalue weighted by atomic mass is 32.2. The monoisotopic (exact) mass is 394 g/mol. The number of carbonyl (C=O) groups excluding carboxylic acids is 1. The van der Waals surface area contributed by atoms with Gasteiger partial charge < -0.3 is 4.90 Å². The topological polar surface area (TPSA) is 66.5 Å². The second-order valence-electron chi connectivity index (χ2n) is 6.60. The number of nitrogens with zero attached hydrogens (tertiary/aromatic N) is 1. The van der Waals surface area contributed by atoms with Gasteiger partial charge >= 0.3 is 0 Å². The Morgan fingerprint density at radius 3 is 2.14 bits per heavy atom.